The van der Waals surface area contributed by atoms with E-state index in [9.17, 15) is 14.7 Å². The van der Waals surface area contributed by atoms with Gasteiger partial charge >= 0.3 is 11.7 Å². The normalized spacial score (nSPS) is 16.6. The average molecular weight is 441 g/mol. The minimum Gasteiger partial charge on any atom is -0.481 e. The number of hydrogen-bond acceptors (Lipinski definition) is 4. The van der Waals surface area contributed by atoms with E-state index in [0.717, 1.165) is 27.9 Å². The first-order chi connectivity index (χ1) is 14.8. The lowest BCUT2D eigenvalue weighted by Gasteiger charge is -2.17. The molecule has 4 rings (SSSR count). The second-order valence-corrected chi connectivity index (χ2v) is 9.25. The molecule has 0 radical (unpaired) electrons. The van der Waals surface area contributed by atoms with E-state index in [1.54, 1.807) is 0 Å². The monoisotopic (exact) mass is 440 g/mol. The fourth-order valence-electron chi connectivity index (χ4n) is 4.49. The second-order valence-electron chi connectivity index (χ2n) is 8.19. The summed E-state index contributed by atoms with van der Waals surface area (Å²) in [6.07, 6.45) is -1.10. The van der Waals surface area contributed by atoms with Crippen molar-refractivity contribution >= 4 is 28.8 Å². The van der Waals surface area contributed by atoms with Crippen molar-refractivity contribution in [3.05, 3.63) is 63.1 Å². The van der Waals surface area contributed by atoms with E-state index in [1.807, 2.05) is 49.2 Å². The van der Waals surface area contributed by atoms with Gasteiger partial charge in [-0.1, -0.05) is 12.1 Å². The predicted octanol–water partition coefficient (Wildman–Crippen LogP) is 4.63. The van der Waals surface area contributed by atoms with E-state index in [1.165, 1.54) is 20.6 Å². The van der Waals surface area contributed by atoms with Crippen LogP contribution < -0.4 is 5.69 Å². The van der Waals surface area contributed by atoms with E-state index in [4.69, 9.17) is 4.74 Å². The molecule has 2 unspecified atom stereocenters. The molecule has 0 spiro atoms. The summed E-state index contributed by atoms with van der Waals surface area (Å²) in [6, 6.07) is 10.3. The topological polar surface area (TPSA) is 73.5 Å². The highest BCUT2D eigenvalue weighted by molar-refractivity contribution is 7.99. The summed E-state index contributed by atoms with van der Waals surface area (Å²) in [7, 11) is 0. The Bertz CT molecular complexity index is 1210. The minimum absolute atomic E-state index is 0.216. The number of rotatable bonds is 7. The number of aromatic nitrogens is 2. The summed E-state index contributed by atoms with van der Waals surface area (Å²) in [5.74, 6) is 0.158. The number of fused-ring (bicyclic) bond motifs is 2. The zero-order chi connectivity index (χ0) is 22.3. The van der Waals surface area contributed by atoms with Crippen LogP contribution in [0.3, 0.4) is 0 Å². The average Bonchev–Trinajstić information content (AvgIpc) is 3.23. The molecule has 0 saturated carbocycles. The van der Waals surface area contributed by atoms with Crippen LogP contribution in [0.5, 0.6) is 0 Å². The molecular formula is C24H28N2O4S. The maximum atomic E-state index is 13.6. The molecule has 1 aliphatic heterocycles. The van der Waals surface area contributed by atoms with Gasteiger partial charge in [-0.15, -0.1) is 11.8 Å². The predicted molar refractivity (Wildman–Crippen MR) is 123 cm³/mol. The molecule has 7 heteroatoms. The Morgan fingerprint density at radius 3 is 2.58 bits per heavy atom. The van der Waals surface area contributed by atoms with Crippen molar-refractivity contribution in [1.82, 2.24) is 9.13 Å². The summed E-state index contributed by atoms with van der Waals surface area (Å²) < 4.78 is 9.06. The zero-order valence-electron chi connectivity index (χ0n) is 18.3. The molecule has 1 N–H and O–H groups in total. The zero-order valence-corrected chi connectivity index (χ0v) is 19.2. The molecule has 2 atom stereocenters. The molecule has 31 heavy (non-hydrogen) atoms. The number of hydrogen-bond donors (Lipinski definition) is 1. The van der Waals surface area contributed by atoms with Crippen molar-refractivity contribution in [3.8, 4) is 0 Å². The van der Waals surface area contributed by atoms with Gasteiger partial charge in [-0.05, 0) is 68.1 Å². The molecular weight excluding hydrogens is 412 g/mol. The van der Waals surface area contributed by atoms with Gasteiger partial charge in [-0.3, -0.25) is 13.9 Å². The molecule has 0 fully saturated rings. The van der Waals surface area contributed by atoms with Crippen molar-refractivity contribution in [1.29, 1.82) is 0 Å². The summed E-state index contributed by atoms with van der Waals surface area (Å²) in [5.41, 5.74) is 6.05. The van der Waals surface area contributed by atoms with Crippen LogP contribution in [0.25, 0.3) is 11.0 Å². The first kappa shape index (κ1) is 21.7. The van der Waals surface area contributed by atoms with Gasteiger partial charge in [0.15, 0.2) is 0 Å². The van der Waals surface area contributed by atoms with Crippen molar-refractivity contribution in [2.24, 2.45) is 0 Å². The Kier molecular flexibility index (Phi) is 5.99. The number of carboxylic acids is 1. The van der Waals surface area contributed by atoms with Gasteiger partial charge < -0.3 is 9.84 Å². The van der Waals surface area contributed by atoms with Crippen molar-refractivity contribution in [2.45, 2.75) is 57.7 Å². The van der Waals surface area contributed by atoms with E-state index in [-0.39, 0.29) is 18.0 Å². The largest absolute Gasteiger partial charge is 0.481 e. The Hall–Kier alpha value is -2.51. The highest BCUT2D eigenvalue weighted by atomic mass is 32.2. The Morgan fingerprint density at radius 2 is 1.90 bits per heavy atom. The molecule has 2 heterocycles. The SMILES string of the molecule is CCOC(CC(=O)O)n1c(=O)n(CC2CSc3cccc(C)c32)c2cc(C)c(C)cc21. The van der Waals surface area contributed by atoms with Crippen molar-refractivity contribution in [2.75, 3.05) is 12.4 Å². The van der Waals surface area contributed by atoms with Gasteiger partial charge in [0.2, 0.25) is 0 Å². The van der Waals surface area contributed by atoms with Crippen LogP contribution in [-0.2, 0) is 16.1 Å². The number of carboxylic acid groups (broad SMARTS) is 1. The lowest BCUT2D eigenvalue weighted by Crippen LogP contribution is -2.31. The number of thioether (sulfide) groups is 1. The van der Waals surface area contributed by atoms with Crippen LogP contribution in [0.15, 0.2) is 40.0 Å². The van der Waals surface area contributed by atoms with Crippen LogP contribution in [0.1, 0.15) is 47.7 Å². The third-order valence-corrected chi connectivity index (χ3v) is 7.35. The molecule has 0 bridgehead atoms. The highest BCUT2D eigenvalue weighted by Crippen LogP contribution is 2.42. The Labute approximate surface area is 185 Å². The first-order valence-electron chi connectivity index (χ1n) is 10.6. The summed E-state index contributed by atoms with van der Waals surface area (Å²) in [5, 5.41) is 9.40. The number of carbonyl (C=O) groups is 1. The fraction of sp³-hybridized carbons (Fsp3) is 0.417. The Balaban J connectivity index is 1.87. The third-order valence-electron chi connectivity index (χ3n) is 6.11. The molecule has 2 aromatic carbocycles. The molecule has 0 amide bonds. The number of imidazole rings is 1. The van der Waals surface area contributed by atoms with E-state index in [0.29, 0.717) is 13.2 Å². The lowest BCUT2D eigenvalue weighted by atomic mass is 9.96. The van der Waals surface area contributed by atoms with E-state index < -0.39 is 12.2 Å². The molecule has 1 aromatic heterocycles. The van der Waals surface area contributed by atoms with E-state index in [2.05, 4.69) is 25.1 Å². The minimum atomic E-state index is -0.994. The third kappa shape index (κ3) is 3.92. The van der Waals surface area contributed by atoms with Gasteiger partial charge in [0, 0.05) is 29.7 Å². The second kappa shape index (κ2) is 8.55. The van der Waals surface area contributed by atoms with Crippen LogP contribution in [0, 0.1) is 20.8 Å². The molecule has 3 aromatic rings. The number of aryl methyl sites for hydroxylation is 3. The van der Waals surface area contributed by atoms with Crippen LogP contribution in [0.2, 0.25) is 0 Å². The number of nitrogens with zero attached hydrogens (tertiary/aromatic N) is 2. The maximum absolute atomic E-state index is 13.6. The highest BCUT2D eigenvalue weighted by Gasteiger charge is 2.29. The van der Waals surface area contributed by atoms with Gasteiger partial charge in [0.1, 0.15) is 6.23 Å². The fourth-order valence-corrected chi connectivity index (χ4v) is 5.80. The molecule has 0 aliphatic carbocycles. The number of benzene rings is 2. The van der Waals surface area contributed by atoms with Gasteiger partial charge in [-0.25, -0.2) is 4.79 Å². The number of aliphatic carboxylic acids is 1. The molecule has 164 valence electrons. The van der Waals surface area contributed by atoms with Gasteiger partial charge in [-0.2, -0.15) is 0 Å². The first-order valence-corrected chi connectivity index (χ1v) is 11.6. The lowest BCUT2D eigenvalue weighted by molar-refractivity contribution is -0.142. The van der Waals surface area contributed by atoms with Crippen molar-refractivity contribution in [3.63, 3.8) is 0 Å². The standard InChI is InChI=1S/C24H28N2O4S/c1-5-30-21(11-22(27)28)26-19-10-16(4)15(3)9-18(19)25(24(26)29)12-17-13-31-20-8-6-7-14(2)23(17)20/h6-10,17,21H,5,11-13H2,1-4H3,(H,27,28). The summed E-state index contributed by atoms with van der Waals surface area (Å²) in [4.78, 5) is 26.4. The smallest absolute Gasteiger partial charge is 0.331 e. The summed E-state index contributed by atoms with van der Waals surface area (Å²) in [6.45, 7) is 8.85. The van der Waals surface area contributed by atoms with Crippen LogP contribution >= 0.6 is 11.8 Å². The van der Waals surface area contributed by atoms with Crippen LogP contribution in [0.4, 0.5) is 0 Å². The van der Waals surface area contributed by atoms with Crippen LogP contribution in [-0.4, -0.2) is 32.6 Å². The number of ether oxygens (including phenoxy) is 1. The Morgan fingerprint density at radius 1 is 1.19 bits per heavy atom. The quantitative estimate of drug-likeness (QED) is 0.580. The molecule has 0 saturated heterocycles. The maximum Gasteiger partial charge on any atom is 0.331 e. The molecule has 6 nitrogen and oxygen atoms in total. The van der Waals surface area contributed by atoms with Crippen molar-refractivity contribution < 1.29 is 14.6 Å². The summed E-state index contributed by atoms with van der Waals surface area (Å²) >= 11 is 1.83. The molecule has 1 aliphatic rings. The van der Waals surface area contributed by atoms with E-state index >= 15 is 0 Å². The van der Waals surface area contributed by atoms with Gasteiger partial charge in [0.05, 0.1) is 17.5 Å². The van der Waals surface area contributed by atoms with Gasteiger partial charge in [0.25, 0.3) is 0 Å².